The van der Waals surface area contributed by atoms with E-state index in [4.69, 9.17) is 11.1 Å². The predicted molar refractivity (Wildman–Crippen MR) is 69.3 cm³/mol. The second kappa shape index (κ2) is 5.21. The molecule has 98 valence electrons. The molecule has 0 aliphatic rings. The van der Waals surface area contributed by atoms with E-state index in [1.807, 2.05) is 0 Å². The average molecular weight is 270 g/mol. The summed E-state index contributed by atoms with van der Waals surface area (Å²) in [6.45, 7) is 0. The highest BCUT2D eigenvalue weighted by Gasteiger charge is 2.19. The number of rotatable bonds is 4. The molecule has 0 atom stereocenters. The van der Waals surface area contributed by atoms with Gasteiger partial charge in [0.05, 0.1) is 22.7 Å². The van der Waals surface area contributed by atoms with Crippen molar-refractivity contribution in [2.45, 2.75) is 11.4 Å². The summed E-state index contributed by atoms with van der Waals surface area (Å²) >= 11 is 1.17. The van der Waals surface area contributed by atoms with E-state index in [0.717, 1.165) is 4.57 Å². The Balaban J connectivity index is 3.62. The first-order valence-electron chi connectivity index (χ1n) is 5.01. The van der Waals surface area contributed by atoms with Gasteiger partial charge in [0.25, 0.3) is 5.56 Å². The van der Waals surface area contributed by atoms with Crippen molar-refractivity contribution in [1.29, 1.82) is 5.41 Å². The molecule has 0 aromatic carbocycles. The zero-order valence-corrected chi connectivity index (χ0v) is 11.1. The van der Waals surface area contributed by atoms with Crippen LogP contribution in [0.2, 0.25) is 0 Å². The predicted octanol–water partition coefficient (Wildman–Crippen LogP) is -0.951. The van der Waals surface area contributed by atoms with E-state index >= 15 is 0 Å². The molecule has 18 heavy (non-hydrogen) atoms. The molecular formula is C10H14N4O3S. The molecule has 1 amide bonds. The standard InChI is InChI=1S/C10H14N4O3S/c1-13-8(16)7(5(11)4-6(12)15)9(18-3)14(2)10(13)17/h11H,4H2,1-3H3,(H2,12,15). The third-order valence-electron chi connectivity index (χ3n) is 2.46. The van der Waals surface area contributed by atoms with Gasteiger partial charge in [0.15, 0.2) is 0 Å². The summed E-state index contributed by atoms with van der Waals surface area (Å²) in [5.41, 5.74) is 3.82. The van der Waals surface area contributed by atoms with E-state index in [2.05, 4.69) is 0 Å². The van der Waals surface area contributed by atoms with Gasteiger partial charge < -0.3 is 11.1 Å². The van der Waals surface area contributed by atoms with E-state index in [1.54, 1.807) is 6.26 Å². The van der Waals surface area contributed by atoms with Gasteiger partial charge in [0, 0.05) is 14.1 Å². The van der Waals surface area contributed by atoms with E-state index in [0.29, 0.717) is 5.03 Å². The molecule has 0 bridgehead atoms. The van der Waals surface area contributed by atoms with Crippen LogP contribution in [0, 0.1) is 5.41 Å². The van der Waals surface area contributed by atoms with Gasteiger partial charge in [-0.25, -0.2) is 4.79 Å². The number of carbonyl (C=O) groups excluding carboxylic acids is 1. The molecule has 0 saturated carbocycles. The molecule has 0 aliphatic heterocycles. The topological polar surface area (TPSA) is 111 Å². The van der Waals surface area contributed by atoms with Crippen LogP contribution in [0.3, 0.4) is 0 Å². The Bertz CT molecular complexity index is 629. The molecule has 0 radical (unpaired) electrons. The Kier molecular flexibility index (Phi) is 4.12. The minimum absolute atomic E-state index is 0.0471. The Labute approximate surface area is 107 Å². The van der Waals surface area contributed by atoms with Crippen molar-refractivity contribution < 1.29 is 4.79 Å². The van der Waals surface area contributed by atoms with Crippen LogP contribution in [0.1, 0.15) is 12.0 Å². The molecule has 1 rings (SSSR count). The van der Waals surface area contributed by atoms with Gasteiger partial charge in [0.2, 0.25) is 5.91 Å². The lowest BCUT2D eigenvalue weighted by atomic mass is 10.1. The van der Waals surface area contributed by atoms with Gasteiger partial charge in [-0.2, -0.15) is 0 Å². The minimum Gasteiger partial charge on any atom is -0.369 e. The number of nitrogens with one attached hydrogen (secondary N) is 1. The molecule has 0 aliphatic carbocycles. The first-order valence-corrected chi connectivity index (χ1v) is 6.23. The van der Waals surface area contributed by atoms with Crippen molar-refractivity contribution in [2.75, 3.05) is 6.26 Å². The number of nitrogens with two attached hydrogens (primary N) is 1. The molecular weight excluding hydrogens is 256 g/mol. The Morgan fingerprint density at radius 1 is 1.33 bits per heavy atom. The maximum absolute atomic E-state index is 12.0. The zero-order chi connectivity index (χ0) is 14.0. The summed E-state index contributed by atoms with van der Waals surface area (Å²) in [6, 6.07) is 0. The number of hydrogen-bond acceptors (Lipinski definition) is 5. The van der Waals surface area contributed by atoms with Crippen LogP contribution >= 0.6 is 11.8 Å². The zero-order valence-electron chi connectivity index (χ0n) is 10.3. The summed E-state index contributed by atoms with van der Waals surface area (Å²) < 4.78 is 2.18. The van der Waals surface area contributed by atoms with E-state index in [1.165, 1.54) is 30.4 Å². The number of aromatic nitrogens is 2. The van der Waals surface area contributed by atoms with Gasteiger partial charge in [-0.15, -0.1) is 11.8 Å². The lowest BCUT2D eigenvalue weighted by molar-refractivity contribution is -0.116. The summed E-state index contributed by atoms with van der Waals surface area (Å²) in [5.74, 6) is -0.692. The number of hydrogen-bond donors (Lipinski definition) is 2. The van der Waals surface area contributed by atoms with Crippen LogP contribution in [0.5, 0.6) is 0 Å². The summed E-state index contributed by atoms with van der Waals surface area (Å²) in [6.07, 6.45) is 1.36. The third-order valence-corrected chi connectivity index (χ3v) is 3.32. The highest BCUT2D eigenvalue weighted by Crippen LogP contribution is 2.16. The van der Waals surface area contributed by atoms with Crippen LogP contribution in [-0.2, 0) is 18.9 Å². The van der Waals surface area contributed by atoms with E-state index in [9.17, 15) is 14.4 Å². The molecule has 0 spiro atoms. The Morgan fingerprint density at radius 2 is 1.89 bits per heavy atom. The minimum atomic E-state index is -0.692. The molecule has 0 unspecified atom stereocenters. The quantitative estimate of drug-likeness (QED) is 0.417. The van der Waals surface area contributed by atoms with Gasteiger partial charge in [-0.3, -0.25) is 18.7 Å². The smallest absolute Gasteiger partial charge is 0.331 e. The summed E-state index contributed by atoms with van der Waals surface area (Å²) in [7, 11) is 2.84. The fourth-order valence-electron chi connectivity index (χ4n) is 1.59. The van der Waals surface area contributed by atoms with Crippen molar-refractivity contribution in [1.82, 2.24) is 9.13 Å². The summed E-state index contributed by atoms with van der Waals surface area (Å²) in [4.78, 5) is 34.5. The first-order chi connectivity index (χ1) is 8.31. The van der Waals surface area contributed by atoms with E-state index < -0.39 is 17.2 Å². The fraction of sp³-hybridized carbons (Fsp3) is 0.400. The maximum Gasteiger partial charge on any atom is 0.331 e. The number of amides is 1. The highest BCUT2D eigenvalue weighted by atomic mass is 32.2. The lowest BCUT2D eigenvalue weighted by Gasteiger charge is -2.13. The van der Waals surface area contributed by atoms with Crippen molar-refractivity contribution >= 4 is 23.4 Å². The molecule has 1 aromatic heterocycles. The van der Waals surface area contributed by atoms with Crippen molar-refractivity contribution in [3.8, 4) is 0 Å². The monoisotopic (exact) mass is 270 g/mol. The van der Waals surface area contributed by atoms with Crippen LogP contribution < -0.4 is 17.0 Å². The van der Waals surface area contributed by atoms with Crippen LogP contribution in [0.15, 0.2) is 14.6 Å². The summed E-state index contributed by atoms with van der Waals surface area (Å²) in [5, 5.41) is 8.12. The molecule has 8 heteroatoms. The highest BCUT2D eigenvalue weighted by molar-refractivity contribution is 7.98. The molecule has 0 saturated heterocycles. The molecule has 3 N–H and O–H groups in total. The van der Waals surface area contributed by atoms with Gasteiger partial charge in [0.1, 0.15) is 0 Å². The van der Waals surface area contributed by atoms with Crippen molar-refractivity contribution in [3.63, 3.8) is 0 Å². The Morgan fingerprint density at radius 3 is 2.33 bits per heavy atom. The van der Waals surface area contributed by atoms with Gasteiger partial charge in [-0.1, -0.05) is 0 Å². The average Bonchev–Trinajstić information content (AvgIpc) is 2.29. The molecule has 1 aromatic rings. The van der Waals surface area contributed by atoms with Crippen LogP contribution in [0.25, 0.3) is 0 Å². The van der Waals surface area contributed by atoms with E-state index in [-0.39, 0.29) is 17.7 Å². The molecule has 7 nitrogen and oxygen atoms in total. The molecule has 1 heterocycles. The first kappa shape index (κ1) is 14.2. The number of carbonyl (C=O) groups is 1. The van der Waals surface area contributed by atoms with Gasteiger partial charge >= 0.3 is 5.69 Å². The van der Waals surface area contributed by atoms with Gasteiger partial charge in [-0.05, 0) is 6.26 Å². The Hall–Kier alpha value is -1.83. The number of primary amides is 1. The third kappa shape index (κ3) is 2.37. The number of nitrogens with zero attached hydrogens (tertiary/aromatic N) is 2. The second-order valence-corrected chi connectivity index (χ2v) is 4.51. The SMILES string of the molecule is CSc1c(C(=N)CC(N)=O)c(=O)n(C)c(=O)n1C. The lowest BCUT2D eigenvalue weighted by Crippen LogP contribution is -2.41. The number of thioether (sulfide) groups is 1. The van der Waals surface area contributed by atoms with Crippen molar-refractivity contribution in [3.05, 3.63) is 26.4 Å². The largest absolute Gasteiger partial charge is 0.369 e. The molecule has 0 fully saturated rings. The normalized spacial score (nSPS) is 10.4. The second-order valence-electron chi connectivity index (χ2n) is 3.71. The van der Waals surface area contributed by atoms with Crippen molar-refractivity contribution in [2.24, 2.45) is 19.8 Å². The van der Waals surface area contributed by atoms with Crippen LogP contribution in [-0.4, -0.2) is 27.0 Å². The maximum atomic E-state index is 12.0. The van der Waals surface area contributed by atoms with Crippen LogP contribution in [0.4, 0.5) is 0 Å². The fourth-order valence-corrected chi connectivity index (χ4v) is 2.35.